The van der Waals surface area contributed by atoms with Gasteiger partial charge in [-0.05, 0) is 36.0 Å². The highest BCUT2D eigenvalue weighted by molar-refractivity contribution is 7.98. The maximum atomic E-state index is 13.5. The Balaban J connectivity index is 2.28. The molecule has 40 heavy (non-hydrogen) atoms. The highest BCUT2D eigenvalue weighted by atomic mass is 32.2. The van der Waals surface area contributed by atoms with E-state index in [2.05, 4.69) is 16.0 Å². The van der Waals surface area contributed by atoms with Crippen molar-refractivity contribution in [2.45, 2.75) is 56.3 Å². The van der Waals surface area contributed by atoms with E-state index >= 15 is 0 Å². The smallest absolute Gasteiger partial charge is 0.326 e. The average molecular weight is 572 g/mol. The summed E-state index contributed by atoms with van der Waals surface area (Å²) in [7, 11) is 0. The first kappa shape index (κ1) is 32.3. The Kier molecular flexibility index (Phi) is 13.7. The number of primary amides is 1. The molecule has 0 aliphatic heterocycles. The van der Waals surface area contributed by atoms with E-state index in [1.165, 1.54) is 0 Å². The zero-order valence-corrected chi connectivity index (χ0v) is 23.2. The Morgan fingerprint density at radius 3 is 1.62 bits per heavy atom. The Labute approximate surface area is 237 Å². The zero-order valence-electron chi connectivity index (χ0n) is 22.4. The summed E-state index contributed by atoms with van der Waals surface area (Å²) in [6.45, 7) is 0. The molecule has 0 fully saturated rings. The number of nitrogens with two attached hydrogens (primary N) is 2. The third-order valence-corrected chi connectivity index (χ3v) is 6.74. The topological polar surface area (TPSA) is 194 Å². The van der Waals surface area contributed by atoms with Crippen LogP contribution in [0.15, 0.2) is 60.7 Å². The second-order valence-electron chi connectivity index (χ2n) is 9.29. The second-order valence-corrected chi connectivity index (χ2v) is 10.3. The molecule has 2 aromatic carbocycles. The third-order valence-electron chi connectivity index (χ3n) is 6.10. The number of carboxylic acids is 1. The summed E-state index contributed by atoms with van der Waals surface area (Å²) in [5.41, 5.74) is 12.7. The minimum atomic E-state index is -1.38. The fourth-order valence-corrected chi connectivity index (χ4v) is 4.35. The third kappa shape index (κ3) is 11.5. The van der Waals surface area contributed by atoms with E-state index in [9.17, 15) is 29.1 Å². The fourth-order valence-electron chi connectivity index (χ4n) is 3.86. The zero-order chi connectivity index (χ0) is 29.5. The number of hydrogen-bond acceptors (Lipinski definition) is 7. The number of nitrogens with one attached hydrogen (secondary N) is 3. The summed E-state index contributed by atoms with van der Waals surface area (Å²) in [4.78, 5) is 62.5. The van der Waals surface area contributed by atoms with Crippen molar-refractivity contribution < 1.29 is 29.1 Å². The minimum Gasteiger partial charge on any atom is -0.480 e. The Hall–Kier alpha value is -3.90. The highest BCUT2D eigenvalue weighted by Crippen LogP contribution is 2.09. The van der Waals surface area contributed by atoms with Gasteiger partial charge in [0.1, 0.15) is 18.1 Å². The second kappa shape index (κ2) is 16.9. The summed E-state index contributed by atoms with van der Waals surface area (Å²) in [6, 6.07) is 13.5. The summed E-state index contributed by atoms with van der Waals surface area (Å²) in [6.07, 6.45) is 2.08. The number of benzene rings is 2. The normalized spacial score (nSPS) is 13.8. The maximum absolute atomic E-state index is 13.5. The number of carbonyl (C=O) groups excluding carboxylic acids is 4. The lowest BCUT2D eigenvalue weighted by Gasteiger charge is -2.25. The van der Waals surface area contributed by atoms with E-state index in [4.69, 9.17) is 11.5 Å². The molecular weight excluding hydrogens is 534 g/mol. The van der Waals surface area contributed by atoms with Crippen LogP contribution in [0.3, 0.4) is 0 Å². The van der Waals surface area contributed by atoms with Crippen molar-refractivity contribution in [3.8, 4) is 0 Å². The molecule has 2 aromatic rings. The summed E-state index contributed by atoms with van der Waals surface area (Å²) in [5.74, 6) is -3.25. The van der Waals surface area contributed by atoms with Gasteiger partial charge in [0.25, 0.3) is 0 Å². The number of carboxylic acid groups (broad SMARTS) is 1. The van der Waals surface area contributed by atoms with E-state index in [-0.39, 0.29) is 25.7 Å². The van der Waals surface area contributed by atoms with E-state index in [0.717, 1.165) is 11.1 Å². The van der Waals surface area contributed by atoms with Gasteiger partial charge in [-0.1, -0.05) is 60.7 Å². The first-order valence-corrected chi connectivity index (χ1v) is 14.2. The van der Waals surface area contributed by atoms with E-state index < -0.39 is 53.8 Å². The molecule has 0 radical (unpaired) electrons. The standard InChI is InChI=1S/C28H37N5O6S/c1-40-15-14-20(29)25(35)32-22(16-18-8-4-2-5-9-18)27(37)33-23(17-19-10-6-3-7-11-19)26(36)31-21(28(38)39)12-13-24(30)34/h2-11,20-23H,12-17,29H2,1H3,(H2,30,34)(H,31,36)(H,32,35)(H,33,37)(H,38,39). The number of carbonyl (C=O) groups is 5. The van der Waals surface area contributed by atoms with Crippen LogP contribution in [-0.4, -0.2) is 70.9 Å². The molecule has 216 valence electrons. The molecule has 0 saturated heterocycles. The van der Waals surface area contributed by atoms with Crippen LogP contribution < -0.4 is 27.4 Å². The summed E-state index contributed by atoms with van der Waals surface area (Å²) >= 11 is 1.55. The van der Waals surface area contributed by atoms with Crippen LogP contribution in [0.5, 0.6) is 0 Å². The van der Waals surface area contributed by atoms with Gasteiger partial charge in [-0.25, -0.2) is 4.79 Å². The summed E-state index contributed by atoms with van der Waals surface area (Å²) < 4.78 is 0. The average Bonchev–Trinajstić information content (AvgIpc) is 2.93. The van der Waals surface area contributed by atoms with Gasteiger partial charge in [0.2, 0.25) is 23.6 Å². The van der Waals surface area contributed by atoms with Crippen LogP contribution in [0.25, 0.3) is 0 Å². The van der Waals surface area contributed by atoms with Gasteiger partial charge in [-0.2, -0.15) is 11.8 Å². The first-order valence-electron chi connectivity index (χ1n) is 12.8. The molecular formula is C28H37N5O6S. The fraction of sp³-hybridized carbons (Fsp3) is 0.393. The number of thioether (sulfide) groups is 1. The molecule has 2 rings (SSSR count). The van der Waals surface area contributed by atoms with Crippen LogP contribution in [-0.2, 0) is 36.8 Å². The van der Waals surface area contributed by atoms with Crippen LogP contribution in [0.2, 0.25) is 0 Å². The maximum Gasteiger partial charge on any atom is 0.326 e. The van der Waals surface area contributed by atoms with Crippen molar-refractivity contribution in [1.82, 2.24) is 16.0 Å². The molecule has 12 heteroatoms. The number of hydrogen-bond donors (Lipinski definition) is 6. The summed E-state index contributed by atoms with van der Waals surface area (Å²) in [5, 5.41) is 17.3. The molecule has 0 aromatic heterocycles. The van der Waals surface area contributed by atoms with Gasteiger partial charge in [0.05, 0.1) is 6.04 Å². The number of aliphatic carboxylic acids is 1. The Morgan fingerprint density at radius 2 is 1.20 bits per heavy atom. The first-order chi connectivity index (χ1) is 19.1. The molecule has 4 unspecified atom stereocenters. The number of amides is 4. The van der Waals surface area contributed by atoms with Crippen LogP contribution >= 0.6 is 11.8 Å². The predicted molar refractivity (Wildman–Crippen MR) is 153 cm³/mol. The minimum absolute atomic E-state index is 0.0554. The van der Waals surface area contributed by atoms with Gasteiger partial charge in [-0.3, -0.25) is 19.2 Å². The van der Waals surface area contributed by atoms with E-state index in [1.54, 1.807) is 54.2 Å². The van der Waals surface area contributed by atoms with E-state index in [0.29, 0.717) is 12.2 Å². The van der Waals surface area contributed by atoms with Gasteiger partial charge >= 0.3 is 5.97 Å². The van der Waals surface area contributed by atoms with Gasteiger partial charge < -0.3 is 32.5 Å². The van der Waals surface area contributed by atoms with Gasteiger partial charge in [0.15, 0.2) is 0 Å². The van der Waals surface area contributed by atoms with Crippen molar-refractivity contribution in [2.75, 3.05) is 12.0 Å². The van der Waals surface area contributed by atoms with Crippen molar-refractivity contribution in [2.24, 2.45) is 11.5 Å². The van der Waals surface area contributed by atoms with Crippen molar-refractivity contribution >= 4 is 41.4 Å². The molecule has 0 saturated carbocycles. The SMILES string of the molecule is CSCCC(N)C(=O)NC(Cc1ccccc1)C(=O)NC(Cc1ccccc1)C(=O)NC(CCC(N)=O)C(=O)O. The number of rotatable bonds is 17. The van der Waals surface area contributed by atoms with Crippen molar-refractivity contribution in [3.05, 3.63) is 71.8 Å². The predicted octanol–water partition coefficient (Wildman–Crippen LogP) is 0.357. The molecule has 0 spiro atoms. The lowest BCUT2D eigenvalue weighted by atomic mass is 10.0. The monoisotopic (exact) mass is 571 g/mol. The Morgan fingerprint density at radius 1 is 0.750 bits per heavy atom. The highest BCUT2D eigenvalue weighted by Gasteiger charge is 2.30. The molecule has 0 heterocycles. The lowest BCUT2D eigenvalue weighted by molar-refractivity contribution is -0.142. The molecule has 4 atom stereocenters. The molecule has 0 bridgehead atoms. The van der Waals surface area contributed by atoms with Crippen LogP contribution in [0.1, 0.15) is 30.4 Å². The van der Waals surface area contributed by atoms with Crippen LogP contribution in [0, 0.1) is 0 Å². The molecule has 11 nitrogen and oxygen atoms in total. The molecule has 0 aliphatic carbocycles. The quantitative estimate of drug-likeness (QED) is 0.157. The largest absolute Gasteiger partial charge is 0.480 e. The molecule has 4 amide bonds. The Bertz CT molecular complexity index is 1130. The van der Waals surface area contributed by atoms with Gasteiger partial charge in [0, 0.05) is 19.3 Å². The van der Waals surface area contributed by atoms with Crippen molar-refractivity contribution in [1.29, 1.82) is 0 Å². The van der Waals surface area contributed by atoms with Gasteiger partial charge in [-0.15, -0.1) is 0 Å². The van der Waals surface area contributed by atoms with Crippen LogP contribution in [0.4, 0.5) is 0 Å². The molecule has 0 aliphatic rings. The van der Waals surface area contributed by atoms with Crippen molar-refractivity contribution in [3.63, 3.8) is 0 Å². The lowest BCUT2D eigenvalue weighted by Crippen LogP contribution is -2.58. The molecule has 8 N–H and O–H groups in total. The van der Waals surface area contributed by atoms with E-state index in [1.807, 2.05) is 24.5 Å².